The lowest BCUT2D eigenvalue weighted by Crippen LogP contribution is -2.24. The number of anilines is 1. The van der Waals surface area contributed by atoms with Gasteiger partial charge in [-0.1, -0.05) is 0 Å². The van der Waals surface area contributed by atoms with Crippen molar-refractivity contribution in [2.24, 2.45) is 11.7 Å². The summed E-state index contributed by atoms with van der Waals surface area (Å²) in [6, 6.07) is 2.29. The van der Waals surface area contributed by atoms with Crippen LogP contribution in [-0.2, 0) is 19.4 Å². The molecule has 17 heavy (non-hydrogen) atoms. The highest BCUT2D eigenvalue weighted by Crippen LogP contribution is 2.32. The molecule has 3 rings (SSSR count). The molecule has 0 saturated heterocycles. The van der Waals surface area contributed by atoms with Gasteiger partial charge in [0.1, 0.15) is 5.82 Å². The number of hydrogen-bond donors (Lipinski definition) is 1. The number of nitrogens with zero attached hydrogens (tertiary/aromatic N) is 2. The summed E-state index contributed by atoms with van der Waals surface area (Å²) in [5, 5.41) is 0. The van der Waals surface area contributed by atoms with E-state index >= 15 is 0 Å². The number of pyridine rings is 1. The zero-order valence-electron chi connectivity index (χ0n) is 10.6. The summed E-state index contributed by atoms with van der Waals surface area (Å²) in [6.45, 7) is 1.74. The fraction of sp³-hybridized carbons (Fsp3) is 0.643. The summed E-state index contributed by atoms with van der Waals surface area (Å²) in [5.41, 5.74) is 9.81. The maximum absolute atomic E-state index is 5.86. The van der Waals surface area contributed by atoms with E-state index < -0.39 is 0 Å². The molecule has 1 heterocycles. The van der Waals surface area contributed by atoms with Crippen molar-refractivity contribution in [3.63, 3.8) is 0 Å². The van der Waals surface area contributed by atoms with Gasteiger partial charge in [0.15, 0.2) is 0 Å². The van der Waals surface area contributed by atoms with Crippen molar-refractivity contribution in [1.29, 1.82) is 0 Å². The van der Waals surface area contributed by atoms with Crippen LogP contribution in [0, 0.1) is 5.92 Å². The minimum Gasteiger partial charge on any atom is -0.359 e. The van der Waals surface area contributed by atoms with E-state index in [9.17, 15) is 0 Å². The van der Waals surface area contributed by atoms with Gasteiger partial charge in [-0.2, -0.15) is 0 Å². The number of aryl methyl sites for hydroxylation is 2. The number of fused-ring (bicyclic) bond motifs is 1. The molecule has 0 bridgehead atoms. The summed E-state index contributed by atoms with van der Waals surface area (Å²) < 4.78 is 0. The average Bonchev–Trinajstić information content (AvgIpc) is 3.03. The second kappa shape index (κ2) is 4.30. The Morgan fingerprint density at radius 2 is 2.24 bits per heavy atom. The maximum atomic E-state index is 5.86. The zero-order chi connectivity index (χ0) is 11.8. The molecule has 92 valence electrons. The van der Waals surface area contributed by atoms with Crippen LogP contribution in [0.4, 0.5) is 5.82 Å². The first-order valence-electron chi connectivity index (χ1n) is 6.71. The van der Waals surface area contributed by atoms with Crippen LogP contribution in [-0.4, -0.2) is 18.6 Å². The molecular weight excluding hydrogens is 210 g/mol. The lowest BCUT2D eigenvalue weighted by molar-refractivity contribution is 0.767. The van der Waals surface area contributed by atoms with E-state index in [4.69, 9.17) is 10.7 Å². The summed E-state index contributed by atoms with van der Waals surface area (Å²) in [6.07, 6.45) is 6.34. The fourth-order valence-electron chi connectivity index (χ4n) is 2.76. The van der Waals surface area contributed by atoms with Gasteiger partial charge in [0.05, 0.1) is 0 Å². The third kappa shape index (κ3) is 2.16. The Morgan fingerprint density at radius 1 is 1.41 bits per heavy atom. The molecule has 3 nitrogen and oxygen atoms in total. The number of rotatable bonds is 4. The lowest BCUT2D eigenvalue weighted by Gasteiger charge is -2.22. The van der Waals surface area contributed by atoms with E-state index in [1.165, 1.54) is 42.5 Å². The quantitative estimate of drug-likeness (QED) is 0.860. The average molecular weight is 231 g/mol. The Kier molecular flexibility index (Phi) is 2.79. The lowest BCUT2D eigenvalue weighted by atomic mass is 10.1. The molecule has 0 aliphatic heterocycles. The van der Waals surface area contributed by atoms with Crippen LogP contribution in [0.15, 0.2) is 6.07 Å². The van der Waals surface area contributed by atoms with Crippen molar-refractivity contribution < 1.29 is 0 Å². The van der Waals surface area contributed by atoms with Crippen molar-refractivity contribution in [1.82, 2.24) is 4.98 Å². The van der Waals surface area contributed by atoms with Gasteiger partial charge in [0.25, 0.3) is 0 Å². The zero-order valence-corrected chi connectivity index (χ0v) is 10.6. The molecule has 2 N–H and O–H groups in total. The SMILES string of the molecule is CN(CC1CC1)c1nc2c(cc1CN)CCC2. The van der Waals surface area contributed by atoms with Crippen LogP contribution in [0.5, 0.6) is 0 Å². The Balaban J connectivity index is 1.90. The smallest absolute Gasteiger partial charge is 0.133 e. The topological polar surface area (TPSA) is 42.2 Å². The molecule has 0 aromatic carbocycles. The van der Waals surface area contributed by atoms with Crippen LogP contribution < -0.4 is 10.6 Å². The van der Waals surface area contributed by atoms with Gasteiger partial charge in [-0.25, -0.2) is 4.98 Å². The van der Waals surface area contributed by atoms with Gasteiger partial charge >= 0.3 is 0 Å². The summed E-state index contributed by atoms with van der Waals surface area (Å²) >= 11 is 0. The Bertz CT molecular complexity index is 424. The molecule has 1 aromatic rings. The van der Waals surface area contributed by atoms with Crippen LogP contribution in [0.25, 0.3) is 0 Å². The molecule has 3 heteroatoms. The molecule has 1 fully saturated rings. The second-order valence-corrected chi connectivity index (χ2v) is 5.46. The molecule has 0 spiro atoms. The molecule has 0 amide bonds. The van der Waals surface area contributed by atoms with Gasteiger partial charge in [0.2, 0.25) is 0 Å². The van der Waals surface area contributed by atoms with E-state index in [1.807, 2.05) is 0 Å². The minimum atomic E-state index is 0.602. The Labute approximate surface area is 103 Å². The summed E-state index contributed by atoms with van der Waals surface area (Å²) in [4.78, 5) is 7.15. The van der Waals surface area contributed by atoms with Gasteiger partial charge in [-0.15, -0.1) is 0 Å². The van der Waals surface area contributed by atoms with Crippen molar-refractivity contribution in [3.8, 4) is 0 Å². The first-order chi connectivity index (χ1) is 8.28. The molecule has 2 aliphatic rings. The molecule has 0 radical (unpaired) electrons. The number of hydrogen-bond acceptors (Lipinski definition) is 3. The van der Waals surface area contributed by atoms with Crippen molar-refractivity contribution in [2.45, 2.75) is 38.6 Å². The van der Waals surface area contributed by atoms with Crippen molar-refractivity contribution in [3.05, 3.63) is 22.9 Å². The minimum absolute atomic E-state index is 0.602. The van der Waals surface area contributed by atoms with Gasteiger partial charge in [-0.05, 0) is 49.7 Å². The molecular formula is C14H21N3. The maximum Gasteiger partial charge on any atom is 0.133 e. The third-order valence-corrected chi connectivity index (χ3v) is 3.92. The standard InChI is InChI=1S/C14H21N3/c1-17(9-10-5-6-10)14-12(8-15)7-11-3-2-4-13(11)16-14/h7,10H,2-6,8-9,15H2,1H3. The van der Waals surface area contributed by atoms with Gasteiger partial charge < -0.3 is 10.6 Å². The number of nitrogens with two attached hydrogens (primary N) is 1. The largest absolute Gasteiger partial charge is 0.359 e. The van der Waals surface area contributed by atoms with Crippen LogP contribution >= 0.6 is 0 Å². The first kappa shape index (κ1) is 11.0. The van der Waals surface area contributed by atoms with Crippen molar-refractivity contribution in [2.75, 3.05) is 18.5 Å². The highest BCUT2D eigenvalue weighted by molar-refractivity contribution is 5.50. The van der Waals surface area contributed by atoms with E-state index in [-0.39, 0.29) is 0 Å². The van der Waals surface area contributed by atoms with E-state index in [0.29, 0.717) is 6.54 Å². The first-order valence-corrected chi connectivity index (χ1v) is 6.71. The second-order valence-electron chi connectivity index (χ2n) is 5.46. The fourth-order valence-corrected chi connectivity index (χ4v) is 2.76. The molecule has 0 unspecified atom stereocenters. The predicted octanol–water partition coefficient (Wildman–Crippen LogP) is 1.88. The van der Waals surface area contributed by atoms with E-state index in [2.05, 4.69) is 18.0 Å². The van der Waals surface area contributed by atoms with Crippen LogP contribution in [0.2, 0.25) is 0 Å². The molecule has 2 aliphatic carbocycles. The Morgan fingerprint density at radius 3 is 2.94 bits per heavy atom. The molecule has 1 saturated carbocycles. The van der Waals surface area contributed by atoms with Crippen LogP contribution in [0.3, 0.4) is 0 Å². The molecule has 0 atom stereocenters. The summed E-state index contributed by atoms with van der Waals surface area (Å²) in [5.74, 6) is 2.01. The van der Waals surface area contributed by atoms with E-state index in [1.54, 1.807) is 0 Å². The van der Waals surface area contributed by atoms with Gasteiger partial charge in [-0.3, -0.25) is 0 Å². The van der Waals surface area contributed by atoms with Gasteiger partial charge in [0, 0.05) is 31.4 Å². The number of aromatic nitrogens is 1. The Hall–Kier alpha value is -1.09. The monoisotopic (exact) mass is 231 g/mol. The normalized spacial score (nSPS) is 18.2. The predicted molar refractivity (Wildman–Crippen MR) is 70.1 cm³/mol. The highest BCUT2D eigenvalue weighted by atomic mass is 15.2. The highest BCUT2D eigenvalue weighted by Gasteiger charge is 2.25. The van der Waals surface area contributed by atoms with E-state index in [0.717, 1.165) is 24.7 Å². The third-order valence-electron chi connectivity index (χ3n) is 3.92. The van der Waals surface area contributed by atoms with Crippen LogP contribution in [0.1, 0.15) is 36.1 Å². The van der Waals surface area contributed by atoms with Crippen molar-refractivity contribution >= 4 is 5.82 Å². The summed E-state index contributed by atoms with van der Waals surface area (Å²) in [7, 11) is 2.15. The molecule has 1 aromatic heterocycles.